The lowest BCUT2D eigenvalue weighted by atomic mass is 10.4. The van der Waals surface area contributed by atoms with Gasteiger partial charge in [-0.05, 0) is 6.08 Å². The lowest BCUT2D eigenvalue weighted by Gasteiger charge is -1.93. The van der Waals surface area contributed by atoms with Gasteiger partial charge in [0.05, 0.1) is 19.0 Å². The van der Waals surface area contributed by atoms with Crippen LogP contribution in [0, 0.1) is 17.9 Å². The molecule has 3 nitrogen and oxygen atoms in total. The first kappa shape index (κ1) is 5.13. The summed E-state index contributed by atoms with van der Waals surface area (Å²) in [5, 5.41) is 8.11. The van der Waals surface area contributed by atoms with Crippen LogP contribution in [0.3, 0.4) is 0 Å². The van der Waals surface area contributed by atoms with Crippen LogP contribution in [-0.2, 0) is 4.84 Å². The van der Waals surface area contributed by atoms with Gasteiger partial charge >= 0.3 is 0 Å². The molecule has 0 saturated heterocycles. The Morgan fingerprint density at radius 3 is 3.25 bits per heavy atom. The summed E-state index contributed by atoms with van der Waals surface area (Å²) in [6.45, 7) is 1.65. The van der Waals surface area contributed by atoms with Crippen molar-refractivity contribution in [2.24, 2.45) is 0 Å². The van der Waals surface area contributed by atoms with Crippen molar-refractivity contribution in [1.29, 1.82) is 5.26 Å². The molecule has 0 aromatic rings. The monoisotopic (exact) mass is 109 g/mol. The topological polar surface area (TPSA) is 45.0 Å². The lowest BCUT2D eigenvalue weighted by molar-refractivity contribution is 0.149. The number of nitrogens with one attached hydrogen (secondary N) is 1. The van der Waals surface area contributed by atoms with Gasteiger partial charge in [0, 0.05) is 0 Å². The summed E-state index contributed by atoms with van der Waals surface area (Å²) >= 11 is 0. The average Bonchev–Trinajstić information content (AvgIpc) is 2.19. The molecule has 1 N–H and O–H groups in total. The standard InChI is InChI=1S/C5H5N2O/c6-3-1-5-2-4-7-8-5/h2,4,7H,1H2. The second-order valence-corrected chi connectivity index (χ2v) is 1.35. The molecule has 3 heteroatoms. The fraction of sp³-hybridized carbons (Fsp3) is 0.200. The molecule has 0 fully saturated rings. The van der Waals surface area contributed by atoms with E-state index in [0.717, 1.165) is 0 Å². The van der Waals surface area contributed by atoms with E-state index < -0.39 is 0 Å². The molecule has 1 aliphatic rings. The predicted octanol–water partition coefficient (Wildman–Crippen LogP) is 0.481. The minimum atomic E-state index is 0.337. The number of hydrogen-bond acceptors (Lipinski definition) is 3. The number of hydrogen-bond donors (Lipinski definition) is 1. The third kappa shape index (κ3) is 0.983. The van der Waals surface area contributed by atoms with Crippen molar-refractivity contribution in [3.05, 3.63) is 18.4 Å². The first-order valence-electron chi connectivity index (χ1n) is 2.25. The molecule has 1 radical (unpaired) electrons. The first-order valence-corrected chi connectivity index (χ1v) is 2.25. The Labute approximate surface area is 47.5 Å². The summed E-state index contributed by atoms with van der Waals surface area (Å²) < 4.78 is 0. The Kier molecular flexibility index (Phi) is 1.50. The van der Waals surface area contributed by atoms with Crippen molar-refractivity contribution < 1.29 is 4.84 Å². The molecule has 0 atom stereocenters. The summed E-state index contributed by atoms with van der Waals surface area (Å²) in [5.74, 6) is 0.674. The predicted molar refractivity (Wildman–Crippen MR) is 26.8 cm³/mol. The summed E-state index contributed by atoms with van der Waals surface area (Å²) in [6, 6.07) is 1.96. The van der Waals surface area contributed by atoms with Gasteiger partial charge in [-0.3, -0.25) is 0 Å². The van der Waals surface area contributed by atoms with Crippen LogP contribution in [0.25, 0.3) is 0 Å². The van der Waals surface area contributed by atoms with Crippen molar-refractivity contribution in [3.8, 4) is 6.07 Å². The van der Waals surface area contributed by atoms with Gasteiger partial charge in [0.1, 0.15) is 5.76 Å². The Morgan fingerprint density at radius 2 is 2.75 bits per heavy atom. The molecule has 0 unspecified atom stereocenters. The smallest absolute Gasteiger partial charge is 0.136 e. The number of allylic oxidation sites excluding steroid dienone is 1. The maximum Gasteiger partial charge on any atom is 0.136 e. The molecule has 0 bridgehead atoms. The third-order valence-corrected chi connectivity index (χ3v) is 0.781. The zero-order valence-corrected chi connectivity index (χ0v) is 4.22. The molecule has 1 aliphatic heterocycles. The Balaban J connectivity index is 2.36. The van der Waals surface area contributed by atoms with Gasteiger partial charge in [-0.25, -0.2) is 0 Å². The Bertz CT molecular complexity index is 145. The first-order chi connectivity index (χ1) is 3.93. The minimum absolute atomic E-state index is 0.337. The molecule has 0 saturated carbocycles. The highest BCUT2D eigenvalue weighted by Crippen LogP contribution is 2.05. The van der Waals surface area contributed by atoms with E-state index in [1.165, 1.54) is 0 Å². The second-order valence-electron chi connectivity index (χ2n) is 1.35. The summed E-state index contributed by atoms with van der Waals surface area (Å²) in [6.07, 6.45) is 2.06. The van der Waals surface area contributed by atoms with Crippen LogP contribution in [0.15, 0.2) is 11.8 Å². The van der Waals surface area contributed by atoms with Crippen LogP contribution < -0.4 is 5.48 Å². The van der Waals surface area contributed by atoms with Gasteiger partial charge in [0.15, 0.2) is 0 Å². The highest BCUT2D eigenvalue weighted by Gasteiger charge is 2.02. The molecule has 41 valence electrons. The average molecular weight is 109 g/mol. The second kappa shape index (κ2) is 2.34. The number of rotatable bonds is 1. The molecule has 8 heavy (non-hydrogen) atoms. The quantitative estimate of drug-likeness (QED) is 0.532. The largest absolute Gasteiger partial charge is 0.412 e. The maximum absolute atomic E-state index is 8.11. The van der Waals surface area contributed by atoms with Gasteiger partial charge in [-0.15, -0.1) is 5.48 Å². The van der Waals surface area contributed by atoms with Gasteiger partial charge in [0.2, 0.25) is 0 Å². The summed E-state index contributed by atoms with van der Waals surface area (Å²) in [5.41, 5.74) is 2.49. The molecule has 0 aliphatic carbocycles. The van der Waals surface area contributed by atoms with Crippen LogP contribution in [0.1, 0.15) is 6.42 Å². The highest BCUT2D eigenvalue weighted by atomic mass is 16.7. The fourth-order valence-electron chi connectivity index (χ4n) is 0.444. The van der Waals surface area contributed by atoms with Crippen LogP contribution in [0.5, 0.6) is 0 Å². The SMILES string of the molecule is N#CCC1=C[CH]NO1. The zero-order valence-electron chi connectivity index (χ0n) is 4.22. The lowest BCUT2D eigenvalue weighted by Crippen LogP contribution is -1.99. The molecule has 0 amide bonds. The van der Waals surface area contributed by atoms with Gasteiger partial charge in [-0.1, -0.05) is 0 Å². The van der Waals surface area contributed by atoms with E-state index in [1.807, 2.05) is 6.07 Å². The Hall–Kier alpha value is -1.01. The molecule has 0 aromatic carbocycles. The fourth-order valence-corrected chi connectivity index (χ4v) is 0.444. The Morgan fingerprint density at radius 1 is 1.88 bits per heavy atom. The van der Waals surface area contributed by atoms with E-state index in [-0.39, 0.29) is 0 Å². The molecule has 0 aromatic heterocycles. The van der Waals surface area contributed by atoms with E-state index in [2.05, 4.69) is 5.48 Å². The molecular weight excluding hydrogens is 104 g/mol. The van der Waals surface area contributed by atoms with Crippen molar-refractivity contribution in [2.75, 3.05) is 0 Å². The van der Waals surface area contributed by atoms with Crippen LogP contribution in [-0.4, -0.2) is 0 Å². The zero-order chi connectivity index (χ0) is 5.82. The van der Waals surface area contributed by atoms with Crippen LogP contribution in [0.2, 0.25) is 0 Å². The van der Waals surface area contributed by atoms with Crippen molar-refractivity contribution in [3.63, 3.8) is 0 Å². The molecular formula is C5H5N2O. The molecule has 1 heterocycles. The van der Waals surface area contributed by atoms with Crippen LogP contribution >= 0.6 is 0 Å². The van der Waals surface area contributed by atoms with Crippen molar-refractivity contribution in [1.82, 2.24) is 5.48 Å². The summed E-state index contributed by atoms with van der Waals surface area (Å²) in [4.78, 5) is 4.73. The van der Waals surface area contributed by atoms with E-state index in [0.29, 0.717) is 12.2 Å². The molecule has 0 spiro atoms. The van der Waals surface area contributed by atoms with Gasteiger partial charge < -0.3 is 4.84 Å². The minimum Gasteiger partial charge on any atom is -0.412 e. The van der Waals surface area contributed by atoms with Gasteiger partial charge in [-0.2, -0.15) is 5.26 Å². The van der Waals surface area contributed by atoms with E-state index in [1.54, 1.807) is 12.6 Å². The van der Waals surface area contributed by atoms with Crippen LogP contribution in [0.4, 0.5) is 0 Å². The third-order valence-electron chi connectivity index (χ3n) is 0.781. The van der Waals surface area contributed by atoms with Crippen molar-refractivity contribution >= 4 is 0 Å². The maximum atomic E-state index is 8.11. The highest BCUT2D eigenvalue weighted by molar-refractivity contribution is 5.08. The van der Waals surface area contributed by atoms with Crippen molar-refractivity contribution in [2.45, 2.75) is 6.42 Å². The summed E-state index contributed by atoms with van der Waals surface area (Å²) in [7, 11) is 0. The van der Waals surface area contributed by atoms with E-state index >= 15 is 0 Å². The van der Waals surface area contributed by atoms with E-state index in [4.69, 9.17) is 10.1 Å². The van der Waals surface area contributed by atoms with Gasteiger partial charge in [0.25, 0.3) is 0 Å². The number of hydroxylamine groups is 1. The van der Waals surface area contributed by atoms with E-state index in [9.17, 15) is 0 Å². The normalized spacial score (nSPS) is 16.6. The molecule has 1 rings (SSSR count). The number of nitriles is 1. The number of nitrogens with zero attached hydrogens (tertiary/aromatic N) is 1.